The summed E-state index contributed by atoms with van der Waals surface area (Å²) in [4.78, 5) is 16.5. The van der Waals surface area contributed by atoms with Crippen molar-refractivity contribution in [3.8, 4) is 0 Å². The van der Waals surface area contributed by atoms with Crippen molar-refractivity contribution in [2.45, 2.75) is 46.2 Å². The molecule has 112 valence electrons. The van der Waals surface area contributed by atoms with Crippen LogP contribution in [0.3, 0.4) is 0 Å². The number of carbonyl (C=O) groups is 1. The van der Waals surface area contributed by atoms with Crippen molar-refractivity contribution in [2.24, 2.45) is 0 Å². The normalized spacial score (nSPS) is 14.1. The van der Waals surface area contributed by atoms with Crippen LogP contribution in [-0.4, -0.2) is 47.9 Å². The van der Waals surface area contributed by atoms with Gasteiger partial charge in [0.15, 0.2) is 0 Å². The number of nitrogens with zero attached hydrogens (tertiary/aromatic N) is 2. The third-order valence-electron chi connectivity index (χ3n) is 4.11. The van der Waals surface area contributed by atoms with Gasteiger partial charge in [-0.25, -0.2) is 0 Å². The molecule has 0 saturated carbocycles. The second kappa shape index (κ2) is 8.05. The number of amides is 1. The van der Waals surface area contributed by atoms with Crippen molar-refractivity contribution in [3.05, 3.63) is 35.9 Å². The first kappa shape index (κ1) is 16.7. The number of carbonyl (C=O) groups excluding carboxylic acids is 1. The number of likely N-dealkylation sites (N-methyl/N-ethyl adjacent to an activating group) is 2. The number of benzene rings is 1. The SMILES string of the molecule is CCN(CC)C(=O)[C@H](C)N(C)[C@H](C)Cc1ccccc1. The van der Waals surface area contributed by atoms with Crippen molar-refractivity contribution in [1.29, 1.82) is 0 Å². The summed E-state index contributed by atoms with van der Waals surface area (Å²) in [6, 6.07) is 10.7. The van der Waals surface area contributed by atoms with Gasteiger partial charge >= 0.3 is 0 Å². The molecule has 0 aliphatic heterocycles. The van der Waals surface area contributed by atoms with Crippen molar-refractivity contribution in [1.82, 2.24) is 9.80 Å². The van der Waals surface area contributed by atoms with E-state index in [2.05, 4.69) is 36.1 Å². The Bertz CT molecular complexity index is 401. The van der Waals surface area contributed by atoms with Gasteiger partial charge in [-0.05, 0) is 46.7 Å². The quantitative estimate of drug-likeness (QED) is 0.764. The fourth-order valence-corrected chi connectivity index (χ4v) is 2.45. The van der Waals surface area contributed by atoms with Crippen molar-refractivity contribution < 1.29 is 4.79 Å². The third-order valence-corrected chi connectivity index (χ3v) is 4.11. The van der Waals surface area contributed by atoms with E-state index >= 15 is 0 Å². The predicted molar refractivity (Wildman–Crippen MR) is 84.8 cm³/mol. The van der Waals surface area contributed by atoms with Crippen LogP contribution in [-0.2, 0) is 11.2 Å². The Balaban J connectivity index is 2.63. The first-order valence-electron chi connectivity index (χ1n) is 7.55. The summed E-state index contributed by atoms with van der Waals surface area (Å²) in [5.74, 6) is 0.220. The molecule has 1 rings (SSSR count). The molecule has 0 aliphatic carbocycles. The van der Waals surface area contributed by atoms with E-state index < -0.39 is 0 Å². The summed E-state index contributed by atoms with van der Waals surface area (Å²) >= 11 is 0. The molecule has 3 heteroatoms. The van der Waals surface area contributed by atoms with Gasteiger partial charge in [-0.2, -0.15) is 0 Å². The van der Waals surface area contributed by atoms with E-state index in [1.54, 1.807) is 0 Å². The summed E-state index contributed by atoms with van der Waals surface area (Å²) < 4.78 is 0. The second-order valence-corrected chi connectivity index (χ2v) is 5.39. The van der Waals surface area contributed by atoms with Crippen LogP contribution < -0.4 is 0 Å². The van der Waals surface area contributed by atoms with E-state index in [4.69, 9.17) is 0 Å². The van der Waals surface area contributed by atoms with Crippen LogP contribution in [0.1, 0.15) is 33.3 Å². The number of hydrogen-bond donors (Lipinski definition) is 0. The summed E-state index contributed by atoms with van der Waals surface area (Å²) in [5, 5.41) is 0. The Morgan fingerprint density at radius 3 is 2.15 bits per heavy atom. The molecule has 0 radical (unpaired) electrons. The van der Waals surface area contributed by atoms with E-state index in [1.165, 1.54) is 5.56 Å². The van der Waals surface area contributed by atoms with Gasteiger partial charge in [-0.3, -0.25) is 9.69 Å². The maximum Gasteiger partial charge on any atom is 0.239 e. The Morgan fingerprint density at radius 1 is 1.10 bits per heavy atom. The predicted octanol–water partition coefficient (Wildman–Crippen LogP) is 2.81. The van der Waals surface area contributed by atoms with Crippen molar-refractivity contribution in [2.75, 3.05) is 20.1 Å². The maximum atomic E-state index is 12.4. The molecule has 0 saturated heterocycles. The highest BCUT2D eigenvalue weighted by atomic mass is 16.2. The molecule has 0 aliphatic rings. The van der Waals surface area contributed by atoms with Gasteiger partial charge in [0, 0.05) is 19.1 Å². The molecule has 0 aromatic heterocycles. The molecule has 0 unspecified atom stereocenters. The highest BCUT2D eigenvalue weighted by Crippen LogP contribution is 2.11. The minimum absolute atomic E-state index is 0.0754. The Morgan fingerprint density at radius 2 is 1.65 bits per heavy atom. The Kier molecular flexibility index (Phi) is 6.73. The molecular weight excluding hydrogens is 248 g/mol. The minimum atomic E-state index is -0.0754. The molecule has 0 fully saturated rings. The van der Waals surface area contributed by atoms with Crippen LogP contribution >= 0.6 is 0 Å². The van der Waals surface area contributed by atoms with Crippen molar-refractivity contribution in [3.63, 3.8) is 0 Å². The van der Waals surface area contributed by atoms with Gasteiger partial charge in [0.1, 0.15) is 0 Å². The topological polar surface area (TPSA) is 23.6 Å². The van der Waals surface area contributed by atoms with Gasteiger partial charge in [-0.1, -0.05) is 30.3 Å². The zero-order chi connectivity index (χ0) is 15.1. The van der Waals surface area contributed by atoms with Crippen LogP contribution in [0.15, 0.2) is 30.3 Å². The van der Waals surface area contributed by atoms with E-state index in [1.807, 2.05) is 38.8 Å². The van der Waals surface area contributed by atoms with Crippen LogP contribution in [0, 0.1) is 0 Å². The van der Waals surface area contributed by atoms with Crippen LogP contribution in [0.5, 0.6) is 0 Å². The second-order valence-electron chi connectivity index (χ2n) is 5.39. The van der Waals surface area contributed by atoms with Crippen LogP contribution in [0.4, 0.5) is 0 Å². The maximum absolute atomic E-state index is 12.4. The zero-order valence-electron chi connectivity index (χ0n) is 13.5. The molecule has 1 aromatic rings. The highest BCUT2D eigenvalue weighted by Gasteiger charge is 2.25. The van der Waals surface area contributed by atoms with Crippen LogP contribution in [0.2, 0.25) is 0 Å². The van der Waals surface area contributed by atoms with Crippen molar-refractivity contribution >= 4 is 5.91 Å². The summed E-state index contributed by atoms with van der Waals surface area (Å²) in [7, 11) is 2.04. The van der Waals surface area contributed by atoms with Gasteiger partial charge in [0.25, 0.3) is 0 Å². The Hall–Kier alpha value is -1.35. The summed E-state index contributed by atoms with van der Waals surface area (Å²) in [6.45, 7) is 9.80. The van der Waals surface area contributed by atoms with Gasteiger partial charge in [-0.15, -0.1) is 0 Å². The lowest BCUT2D eigenvalue weighted by molar-refractivity contribution is -0.136. The molecule has 0 N–H and O–H groups in total. The Labute approximate surface area is 123 Å². The fraction of sp³-hybridized carbons (Fsp3) is 0.588. The van der Waals surface area contributed by atoms with E-state index in [0.717, 1.165) is 19.5 Å². The molecule has 20 heavy (non-hydrogen) atoms. The highest BCUT2D eigenvalue weighted by molar-refractivity contribution is 5.81. The number of rotatable bonds is 7. The molecule has 0 heterocycles. The molecule has 2 atom stereocenters. The standard InChI is InChI=1S/C17H28N2O/c1-6-19(7-2)17(20)15(4)18(5)14(3)13-16-11-9-8-10-12-16/h8-12,14-15H,6-7,13H2,1-5H3/t14-,15+/m1/s1. The smallest absolute Gasteiger partial charge is 0.239 e. The van der Waals surface area contributed by atoms with Gasteiger partial charge in [0.05, 0.1) is 6.04 Å². The molecule has 0 spiro atoms. The zero-order valence-corrected chi connectivity index (χ0v) is 13.5. The van der Waals surface area contributed by atoms with Gasteiger partial charge < -0.3 is 4.90 Å². The first-order valence-corrected chi connectivity index (χ1v) is 7.55. The third kappa shape index (κ3) is 4.34. The lowest BCUT2D eigenvalue weighted by atomic mass is 10.0. The minimum Gasteiger partial charge on any atom is -0.342 e. The summed E-state index contributed by atoms with van der Waals surface area (Å²) in [6.07, 6.45) is 0.965. The molecule has 1 amide bonds. The van der Waals surface area contributed by atoms with E-state index in [0.29, 0.717) is 6.04 Å². The molecular formula is C17H28N2O. The van der Waals surface area contributed by atoms with Gasteiger partial charge in [0.2, 0.25) is 5.91 Å². The largest absolute Gasteiger partial charge is 0.342 e. The number of hydrogen-bond acceptors (Lipinski definition) is 2. The fourth-order valence-electron chi connectivity index (χ4n) is 2.45. The monoisotopic (exact) mass is 276 g/mol. The summed E-state index contributed by atoms with van der Waals surface area (Å²) in [5.41, 5.74) is 1.31. The molecule has 3 nitrogen and oxygen atoms in total. The lowest BCUT2D eigenvalue weighted by Gasteiger charge is -2.33. The van der Waals surface area contributed by atoms with E-state index in [-0.39, 0.29) is 11.9 Å². The average molecular weight is 276 g/mol. The molecule has 0 bridgehead atoms. The molecule has 1 aromatic carbocycles. The average Bonchev–Trinajstić information content (AvgIpc) is 2.47. The van der Waals surface area contributed by atoms with E-state index in [9.17, 15) is 4.79 Å². The van der Waals surface area contributed by atoms with Crippen LogP contribution in [0.25, 0.3) is 0 Å². The first-order chi connectivity index (χ1) is 9.51. The lowest BCUT2D eigenvalue weighted by Crippen LogP contribution is -2.49.